The Morgan fingerprint density at radius 3 is 3.12 bits per heavy atom. The van der Waals surface area contributed by atoms with Crippen molar-refractivity contribution in [3.63, 3.8) is 0 Å². The van der Waals surface area contributed by atoms with Gasteiger partial charge in [0.1, 0.15) is 5.82 Å². The molecule has 2 aliphatic rings. The second-order valence-corrected chi connectivity index (χ2v) is 6.22. The zero-order valence-electron chi connectivity index (χ0n) is 9.71. The fourth-order valence-electron chi connectivity index (χ4n) is 2.84. The van der Waals surface area contributed by atoms with Crippen LogP contribution in [0.5, 0.6) is 0 Å². The lowest BCUT2D eigenvalue weighted by molar-refractivity contribution is 0.427. The van der Waals surface area contributed by atoms with E-state index in [-0.39, 0.29) is 0 Å². The largest absolute Gasteiger partial charge is 0.348 e. The van der Waals surface area contributed by atoms with E-state index in [1.165, 1.54) is 11.4 Å². The first-order chi connectivity index (χ1) is 8.20. The third kappa shape index (κ3) is 1.92. The molecule has 1 N–H and O–H groups in total. The van der Waals surface area contributed by atoms with Crippen molar-refractivity contribution in [2.24, 2.45) is 0 Å². The van der Waals surface area contributed by atoms with Gasteiger partial charge in [-0.25, -0.2) is 4.98 Å². The zero-order valence-corrected chi connectivity index (χ0v) is 12.9. The molecule has 3 heterocycles. The van der Waals surface area contributed by atoms with Gasteiger partial charge in [-0.1, -0.05) is 15.9 Å². The van der Waals surface area contributed by atoms with Gasteiger partial charge in [-0.15, -0.1) is 0 Å². The van der Waals surface area contributed by atoms with E-state index < -0.39 is 0 Å². The number of aromatic nitrogens is 1. The number of hydrogen-bond donors (Lipinski definition) is 1. The predicted octanol–water partition coefficient (Wildman–Crippen LogP) is 2.46. The molecular formula is C12H15Br2N3. The Balaban J connectivity index is 2.05. The molecule has 0 unspecified atom stereocenters. The number of piperazine rings is 1. The van der Waals surface area contributed by atoms with Crippen LogP contribution in [0.1, 0.15) is 18.2 Å². The maximum absolute atomic E-state index is 4.81. The third-order valence-electron chi connectivity index (χ3n) is 3.62. The van der Waals surface area contributed by atoms with Crippen LogP contribution >= 0.6 is 31.9 Å². The number of anilines is 1. The summed E-state index contributed by atoms with van der Waals surface area (Å²) in [6.45, 7) is 4.39. The van der Waals surface area contributed by atoms with E-state index in [0.29, 0.717) is 12.1 Å². The van der Waals surface area contributed by atoms with Gasteiger partial charge in [0, 0.05) is 35.0 Å². The average molecular weight is 361 g/mol. The Morgan fingerprint density at radius 2 is 2.35 bits per heavy atom. The molecular weight excluding hydrogens is 346 g/mol. The van der Waals surface area contributed by atoms with Crippen LogP contribution in [0.25, 0.3) is 0 Å². The summed E-state index contributed by atoms with van der Waals surface area (Å²) in [5.41, 5.74) is 2.47. The quantitative estimate of drug-likeness (QED) is 0.780. The minimum Gasteiger partial charge on any atom is -0.348 e. The van der Waals surface area contributed by atoms with E-state index >= 15 is 0 Å². The molecule has 0 radical (unpaired) electrons. The molecule has 5 heteroatoms. The lowest BCUT2D eigenvalue weighted by Crippen LogP contribution is -2.55. The molecule has 0 spiro atoms. The summed E-state index contributed by atoms with van der Waals surface area (Å²) in [7, 11) is 0. The number of pyridine rings is 1. The highest BCUT2D eigenvalue weighted by Crippen LogP contribution is 2.36. The Bertz CT molecular complexity index is 450. The topological polar surface area (TPSA) is 28.2 Å². The molecule has 0 amide bonds. The first kappa shape index (κ1) is 11.9. The first-order valence-electron chi connectivity index (χ1n) is 5.94. The molecule has 1 fully saturated rings. The van der Waals surface area contributed by atoms with Crippen molar-refractivity contribution in [1.82, 2.24) is 10.3 Å². The molecule has 1 aromatic heterocycles. The van der Waals surface area contributed by atoms with Gasteiger partial charge in [0.25, 0.3) is 0 Å². The summed E-state index contributed by atoms with van der Waals surface area (Å²) < 4.78 is 1.12. The monoisotopic (exact) mass is 359 g/mol. The number of nitrogens with one attached hydrogen (secondary N) is 1. The van der Waals surface area contributed by atoms with Crippen molar-refractivity contribution in [3.05, 3.63) is 21.8 Å². The normalized spacial score (nSPS) is 26.9. The highest BCUT2D eigenvalue weighted by atomic mass is 79.9. The van der Waals surface area contributed by atoms with Gasteiger partial charge in [-0.05, 0) is 40.9 Å². The molecule has 1 saturated heterocycles. The van der Waals surface area contributed by atoms with Crippen molar-refractivity contribution in [2.45, 2.75) is 30.8 Å². The van der Waals surface area contributed by atoms with Gasteiger partial charge in [-0.2, -0.15) is 0 Å². The second-order valence-electron chi connectivity index (χ2n) is 4.81. The van der Waals surface area contributed by atoms with E-state index in [1.54, 1.807) is 0 Å². The Kier molecular flexibility index (Phi) is 3.17. The number of nitrogens with zero attached hydrogens (tertiary/aromatic N) is 2. The fraction of sp³-hybridized carbons (Fsp3) is 0.583. The van der Waals surface area contributed by atoms with E-state index in [4.69, 9.17) is 4.98 Å². The summed E-state index contributed by atoms with van der Waals surface area (Å²) in [5, 5.41) is 4.29. The number of halogens is 2. The summed E-state index contributed by atoms with van der Waals surface area (Å²) in [6.07, 6.45) is 1.11. The van der Waals surface area contributed by atoms with E-state index in [9.17, 15) is 0 Å². The van der Waals surface area contributed by atoms with Crippen LogP contribution in [0.2, 0.25) is 0 Å². The van der Waals surface area contributed by atoms with Crippen molar-refractivity contribution >= 4 is 37.7 Å². The van der Waals surface area contributed by atoms with Gasteiger partial charge in [0.05, 0.1) is 5.69 Å². The standard InChI is InChI=1S/C12H15Br2N3/c1-7-5-15-6-9-2-8-3-10(14)11(4-13)16-12(8)17(7)9/h3,7,9,15H,2,4-6H2,1H3/t7-,9-/m1/s1. The Morgan fingerprint density at radius 1 is 1.53 bits per heavy atom. The number of rotatable bonds is 1. The molecule has 2 atom stereocenters. The fourth-order valence-corrected chi connectivity index (χ4v) is 4.15. The van der Waals surface area contributed by atoms with E-state index in [2.05, 4.69) is 55.1 Å². The summed E-state index contributed by atoms with van der Waals surface area (Å²) in [4.78, 5) is 7.30. The van der Waals surface area contributed by atoms with Crippen LogP contribution in [0.3, 0.4) is 0 Å². The van der Waals surface area contributed by atoms with Crippen LogP contribution < -0.4 is 10.2 Å². The number of fused-ring (bicyclic) bond motifs is 3. The lowest BCUT2D eigenvalue weighted by Gasteiger charge is -2.37. The van der Waals surface area contributed by atoms with Crippen LogP contribution in [0.15, 0.2) is 10.5 Å². The predicted molar refractivity (Wildman–Crippen MR) is 76.9 cm³/mol. The van der Waals surface area contributed by atoms with Crippen LogP contribution in [0.4, 0.5) is 5.82 Å². The molecule has 0 aliphatic carbocycles. The minimum absolute atomic E-state index is 0.534. The first-order valence-corrected chi connectivity index (χ1v) is 7.85. The van der Waals surface area contributed by atoms with Crippen LogP contribution in [-0.4, -0.2) is 30.2 Å². The molecule has 17 heavy (non-hydrogen) atoms. The molecule has 0 saturated carbocycles. The highest BCUT2D eigenvalue weighted by molar-refractivity contribution is 9.10. The maximum Gasteiger partial charge on any atom is 0.132 e. The van der Waals surface area contributed by atoms with E-state index in [1.807, 2.05) is 0 Å². The second kappa shape index (κ2) is 4.52. The van der Waals surface area contributed by atoms with Gasteiger partial charge in [0.15, 0.2) is 0 Å². The lowest BCUT2D eigenvalue weighted by atomic mass is 10.1. The average Bonchev–Trinajstić information content (AvgIpc) is 2.66. The van der Waals surface area contributed by atoms with Crippen molar-refractivity contribution in [3.8, 4) is 0 Å². The Labute approximate surface area is 118 Å². The molecule has 0 bridgehead atoms. The maximum atomic E-state index is 4.81. The molecule has 3 nitrogen and oxygen atoms in total. The highest BCUT2D eigenvalue weighted by Gasteiger charge is 2.36. The van der Waals surface area contributed by atoms with Gasteiger partial charge >= 0.3 is 0 Å². The van der Waals surface area contributed by atoms with Gasteiger partial charge in [-0.3, -0.25) is 0 Å². The van der Waals surface area contributed by atoms with Crippen molar-refractivity contribution in [1.29, 1.82) is 0 Å². The smallest absolute Gasteiger partial charge is 0.132 e. The Hall–Kier alpha value is -0.130. The van der Waals surface area contributed by atoms with Gasteiger partial charge < -0.3 is 10.2 Å². The summed E-state index contributed by atoms with van der Waals surface area (Å²) in [6, 6.07) is 3.36. The van der Waals surface area contributed by atoms with Gasteiger partial charge in [0.2, 0.25) is 0 Å². The molecule has 2 aliphatic heterocycles. The van der Waals surface area contributed by atoms with Crippen LogP contribution in [0, 0.1) is 0 Å². The molecule has 0 aromatic carbocycles. The zero-order chi connectivity index (χ0) is 12.0. The van der Waals surface area contributed by atoms with Crippen molar-refractivity contribution in [2.75, 3.05) is 18.0 Å². The molecule has 92 valence electrons. The van der Waals surface area contributed by atoms with Crippen molar-refractivity contribution < 1.29 is 0 Å². The number of hydrogen-bond acceptors (Lipinski definition) is 3. The molecule has 1 aromatic rings. The van der Waals surface area contributed by atoms with E-state index in [0.717, 1.165) is 35.0 Å². The van der Waals surface area contributed by atoms with Crippen LogP contribution in [-0.2, 0) is 11.8 Å². The number of alkyl halides is 1. The molecule has 3 rings (SSSR count). The summed E-state index contributed by atoms with van der Waals surface area (Å²) in [5.74, 6) is 1.20. The minimum atomic E-state index is 0.534. The SMILES string of the molecule is C[C@@H]1CNC[C@H]2Cc3cc(Br)c(CBr)nc3N21. The summed E-state index contributed by atoms with van der Waals surface area (Å²) >= 11 is 7.09. The third-order valence-corrected chi connectivity index (χ3v) is 4.84.